The van der Waals surface area contributed by atoms with E-state index in [-0.39, 0.29) is 29.3 Å². The van der Waals surface area contributed by atoms with Gasteiger partial charge < -0.3 is 9.47 Å². The number of ether oxygens (including phenoxy) is 2. The number of hydrogen-bond acceptors (Lipinski definition) is 8. The van der Waals surface area contributed by atoms with Gasteiger partial charge in [0.25, 0.3) is 5.91 Å². The summed E-state index contributed by atoms with van der Waals surface area (Å²) >= 11 is 6.57. The van der Waals surface area contributed by atoms with Gasteiger partial charge in [0.2, 0.25) is 0 Å². The van der Waals surface area contributed by atoms with Crippen LogP contribution in [-0.2, 0) is 29.2 Å². The minimum Gasteiger partial charge on any atom is -0.444 e. The molecule has 0 radical (unpaired) electrons. The Morgan fingerprint density at radius 3 is 2.69 bits per heavy atom. The van der Waals surface area contributed by atoms with Gasteiger partial charge >= 0.3 is 6.09 Å². The number of pyridine rings is 2. The summed E-state index contributed by atoms with van der Waals surface area (Å²) in [5, 5.41) is 17.5. The number of hydrogen-bond donors (Lipinski definition) is 1. The van der Waals surface area contributed by atoms with E-state index in [1.54, 1.807) is 42.6 Å². The van der Waals surface area contributed by atoms with Gasteiger partial charge in [-0.2, -0.15) is 10.4 Å². The number of carbonyl (C=O) groups is 2. The highest BCUT2D eigenvalue weighted by molar-refractivity contribution is 6.32. The molecule has 1 aliphatic carbocycles. The van der Waals surface area contributed by atoms with Crippen molar-refractivity contribution in [3.05, 3.63) is 75.8 Å². The number of aromatic nitrogens is 4. The zero-order valence-corrected chi connectivity index (χ0v) is 24.1. The minimum absolute atomic E-state index is 0.162. The van der Waals surface area contributed by atoms with Crippen molar-refractivity contribution in [2.75, 3.05) is 10.2 Å². The summed E-state index contributed by atoms with van der Waals surface area (Å²) < 4.78 is 12.9. The molecule has 0 bridgehead atoms. The number of fused-ring (bicyclic) bond motifs is 3. The van der Waals surface area contributed by atoms with Crippen LogP contribution >= 0.6 is 11.6 Å². The first-order valence-electron chi connectivity index (χ1n) is 13.5. The Morgan fingerprint density at radius 2 is 2.00 bits per heavy atom. The van der Waals surface area contributed by atoms with Crippen molar-refractivity contribution in [2.24, 2.45) is 0 Å². The molecule has 6 rings (SSSR count). The quantitative estimate of drug-likeness (QED) is 0.295. The molecule has 1 aromatic carbocycles. The first-order chi connectivity index (χ1) is 20.1. The summed E-state index contributed by atoms with van der Waals surface area (Å²) in [6, 6.07) is 11.1. The van der Waals surface area contributed by atoms with Crippen LogP contribution in [0.2, 0.25) is 5.15 Å². The van der Waals surface area contributed by atoms with Gasteiger partial charge in [-0.15, -0.1) is 0 Å². The average Bonchev–Trinajstić information content (AvgIpc) is 3.55. The van der Waals surface area contributed by atoms with E-state index in [0.29, 0.717) is 35.8 Å². The van der Waals surface area contributed by atoms with Crippen LogP contribution in [-0.4, -0.2) is 37.3 Å². The Morgan fingerprint density at radius 1 is 1.21 bits per heavy atom. The summed E-state index contributed by atoms with van der Waals surface area (Å²) in [6.45, 7) is 6.26. The fourth-order valence-corrected chi connectivity index (χ4v) is 5.09. The van der Waals surface area contributed by atoms with Gasteiger partial charge in [0.15, 0.2) is 5.15 Å². The number of amides is 2. The molecule has 11 nitrogen and oxygen atoms in total. The average molecular weight is 586 g/mol. The molecule has 0 spiro atoms. The van der Waals surface area contributed by atoms with Crippen molar-refractivity contribution in [2.45, 2.75) is 65.0 Å². The normalized spacial score (nSPS) is 14.4. The van der Waals surface area contributed by atoms with Crippen LogP contribution in [0.5, 0.6) is 0 Å². The SMILES string of the molecule is CC(C)(C)OC(=O)Nc1nc2cc(CN(C(=O)c3ccc(C#N)nc3)c3cn(C4CC4)nc3Cl)ccc2c2c1COC2. The van der Waals surface area contributed by atoms with Crippen molar-refractivity contribution in [3.63, 3.8) is 0 Å². The number of halogens is 1. The molecular weight excluding hydrogens is 558 g/mol. The maximum absolute atomic E-state index is 13.8. The zero-order valence-electron chi connectivity index (χ0n) is 23.3. The molecule has 42 heavy (non-hydrogen) atoms. The van der Waals surface area contributed by atoms with E-state index in [2.05, 4.69) is 15.4 Å². The Balaban J connectivity index is 1.37. The number of nitriles is 1. The molecule has 0 atom stereocenters. The Labute approximate surface area is 247 Å². The van der Waals surface area contributed by atoms with Crippen LogP contribution in [0.25, 0.3) is 10.9 Å². The third kappa shape index (κ3) is 5.64. The number of nitrogens with zero attached hydrogens (tertiary/aromatic N) is 6. The number of rotatable bonds is 6. The Bertz CT molecular complexity index is 1750. The Kier molecular flexibility index (Phi) is 7.04. The molecule has 0 unspecified atom stereocenters. The number of benzene rings is 1. The molecule has 1 aliphatic heterocycles. The number of carbonyl (C=O) groups excluding carboxylic acids is 2. The molecule has 4 aromatic rings. The summed E-state index contributed by atoms with van der Waals surface area (Å²) in [5.74, 6) is 0.0404. The maximum atomic E-state index is 13.8. The van der Waals surface area contributed by atoms with E-state index in [1.165, 1.54) is 12.3 Å². The van der Waals surface area contributed by atoms with Gasteiger partial charge in [-0.05, 0) is 62.9 Å². The predicted octanol–water partition coefficient (Wildman–Crippen LogP) is 5.91. The van der Waals surface area contributed by atoms with E-state index < -0.39 is 11.7 Å². The molecule has 2 aliphatic rings. The van der Waals surface area contributed by atoms with Crippen LogP contribution < -0.4 is 10.2 Å². The lowest BCUT2D eigenvalue weighted by Crippen LogP contribution is -2.30. The molecule has 214 valence electrons. The maximum Gasteiger partial charge on any atom is 0.413 e. The standard InChI is InChI=1S/C30H28ClN7O4/c1-30(2,3)42-29(40)35-27-23-16-41-15-22(23)21-9-4-17(10-24(21)34-27)13-37(25-14-38(20-7-8-20)36-26(25)31)28(39)18-5-6-19(11-32)33-12-18/h4-6,9-10,12,14,20H,7-8,13,15-16H2,1-3H3,(H,34,35,40). The smallest absolute Gasteiger partial charge is 0.413 e. The summed E-state index contributed by atoms with van der Waals surface area (Å²) in [7, 11) is 0. The van der Waals surface area contributed by atoms with Gasteiger partial charge in [-0.1, -0.05) is 23.7 Å². The zero-order chi connectivity index (χ0) is 29.6. The summed E-state index contributed by atoms with van der Waals surface area (Å²) in [4.78, 5) is 36.8. The van der Waals surface area contributed by atoms with Crippen molar-refractivity contribution >= 4 is 46.0 Å². The van der Waals surface area contributed by atoms with E-state index in [4.69, 9.17) is 31.3 Å². The molecular formula is C30H28ClN7O4. The fraction of sp³-hybridized carbons (Fsp3) is 0.333. The van der Waals surface area contributed by atoms with Crippen LogP contribution in [0, 0.1) is 11.3 Å². The molecule has 2 amide bonds. The lowest BCUT2D eigenvalue weighted by molar-refractivity contribution is 0.0634. The largest absolute Gasteiger partial charge is 0.444 e. The first-order valence-corrected chi connectivity index (χ1v) is 13.9. The molecule has 1 saturated carbocycles. The third-order valence-corrected chi connectivity index (χ3v) is 7.24. The molecule has 1 fully saturated rings. The van der Waals surface area contributed by atoms with E-state index >= 15 is 0 Å². The molecule has 3 aromatic heterocycles. The van der Waals surface area contributed by atoms with Crippen molar-refractivity contribution in [3.8, 4) is 6.07 Å². The van der Waals surface area contributed by atoms with E-state index in [9.17, 15) is 9.59 Å². The van der Waals surface area contributed by atoms with Crippen LogP contribution in [0.4, 0.5) is 16.3 Å². The number of nitrogens with one attached hydrogen (secondary N) is 1. The van der Waals surface area contributed by atoms with E-state index in [1.807, 2.05) is 24.3 Å². The topological polar surface area (TPSA) is 135 Å². The Hall–Kier alpha value is -4.53. The summed E-state index contributed by atoms with van der Waals surface area (Å²) in [6.07, 6.45) is 4.59. The van der Waals surface area contributed by atoms with Gasteiger partial charge in [-0.25, -0.2) is 14.8 Å². The second kappa shape index (κ2) is 10.7. The monoisotopic (exact) mass is 585 g/mol. The fourth-order valence-electron chi connectivity index (χ4n) is 4.85. The highest BCUT2D eigenvalue weighted by Gasteiger charge is 2.30. The van der Waals surface area contributed by atoms with Crippen LogP contribution in [0.15, 0.2) is 42.7 Å². The lowest BCUT2D eigenvalue weighted by Gasteiger charge is -2.22. The lowest BCUT2D eigenvalue weighted by atomic mass is 10.0. The minimum atomic E-state index is -0.664. The van der Waals surface area contributed by atoms with Gasteiger partial charge in [-0.3, -0.25) is 19.7 Å². The van der Waals surface area contributed by atoms with Gasteiger partial charge in [0, 0.05) is 17.1 Å². The van der Waals surface area contributed by atoms with Gasteiger partial charge in [0.1, 0.15) is 28.9 Å². The number of anilines is 2. The molecule has 0 saturated heterocycles. The second-order valence-electron chi connectivity index (χ2n) is 11.3. The van der Waals surface area contributed by atoms with Crippen LogP contribution in [0.1, 0.15) is 72.4 Å². The molecule has 4 heterocycles. The highest BCUT2D eigenvalue weighted by Crippen LogP contribution is 2.38. The summed E-state index contributed by atoms with van der Waals surface area (Å²) in [5.41, 5.74) is 3.50. The third-order valence-electron chi connectivity index (χ3n) is 6.97. The van der Waals surface area contributed by atoms with Crippen molar-refractivity contribution in [1.29, 1.82) is 5.26 Å². The van der Waals surface area contributed by atoms with Crippen LogP contribution in [0.3, 0.4) is 0 Å². The molecule has 1 N–H and O–H groups in total. The second-order valence-corrected chi connectivity index (χ2v) is 11.7. The van der Waals surface area contributed by atoms with Crippen molar-refractivity contribution < 1.29 is 19.1 Å². The van der Waals surface area contributed by atoms with Gasteiger partial charge in [0.05, 0.1) is 43.1 Å². The molecule has 12 heteroatoms. The predicted molar refractivity (Wildman–Crippen MR) is 155 cm³/mol. The van der Waals surface area contributed by atoms with E-state index in [0.717, 1.165) is 34.9 Å². The first kappa shape index (κ1) is 27.6. The van der Waals surface area contributed by atoms with Crippen molar-refractivity contribution in [1.82, 2.24) is 19.7 Å². The highest BCUT2D eigenvalue weighted by atomic mass is 35.5.